The molecule has 6 N–H and O–H groups in total. The molecular formula is C61H82N8O6. The van der Waals surface area contributed by atoms with Crippen LogP contribution in [-0.4, -0.2) is 102 Å². The number of benzene rings is 3. The fourth-order valence-corrected chi connectivity index (χ4v) is 15.0. The average molecular weight is 1020 g/mol. The first kappa shape index (κ1) is 52.8. The summed E-state index contributed by atoms with van der Waals surface area (Å²) in [5, 5.41) is 19.3. The summed E-state index contributed by atoms with van der Waals surface area (Å²) in [5.41, 5.74) is 6.44. The van der Waals surface area contributed by atoms with Gasteiger partial charge in [-0.3, -0.25) is 28.8 Å². The predicted molar refractivity (Wildman–Crippen MR) is 289 cm³/mol. The number of fused-ring (bicyclic) bond motifs is 3. The lowest BCUT2D eigenvalue weighted by atomic mass is 9.47. The molecule has 9 atom stereocenters. The van der Waals surface area contributed by atoms with Crippen molar-refractivity contribution in [1.82, 2.24) is 41.7 Å². The average Bonchev–Trinajstić information content (AvgIpc) is 3.90. The number of rotatable bonds is 14. The predicted octanol–water partition coefficient (Wildman–Crippen LogP) is 6.46. The molecule has 75 heavy (non-hydrogen) atoms. The number of amides is 6. The molecule has 3 aromatic carbocycles. The molecule has 8 aliphatic rings. The Balaban J connectivity index is 0.987. The van der Waals surface area contributed by atoms with Gasteiger partial charge in [0.15, 0.2) is 0 Å². The van der Waals surface area contributed by atoms with E-state index in [1.54, 1.807) is 30.8 Å². The highest BCUT2D eigenvalue weighted by Crippen LogP contribution is 2.61. The number of likely N-dealkylation sites (tertiary alicyclic amines) is 1. The molecule has 4 saturated carbocycles. The van der Waals surface area contributed by atoms with Gasteiger partial charge in [0.25, 0.3) is 0 Å². The second-order valence-electron chi connectivity index (χ2n) is 25.0. The third-order valence-corrected chi connectivity index (χ3v) is 19.0. The Bertz CT molecular complexity index is 2640. The van der Waals surface area contributed by atoms with Gasteiger partial charge in [0.05, 0.1) is 24.2 Å². The van der Waals surface area contributed by atoms with Crippen LogP contribution < -0.4 is 31.9 Å². The van der Waals surface area contributed by atoms with E-state index in [9.17, 15) is 14.4 Å². The van der Waals surface area contributed by atoms with E-state index in [2.05, 4.69) is 74.4 Å². The lowest BCUT2D eigenvalue weighted by Gasteiger charge is -2.59. The van der Waals surface area contributed by atoms with Crippen LogP contribution in [0.15, 0.2) is 66.7 Å². The van der Waals surface area contributed by atoms with Crippen molar-refractivity contribution in [2.45, 2.75) is 185 Å². The number of carbonyl (C=O) groups excluding carboxylic acids is 6. The van der Waals surface area contributed by atoms with Gasteiger partial charge in [-0.1, -0.05) is 87.5 Å². The van der Waals surface area contributed by atoms with Gasteiger partial charge in [-0.15, -0.1) is 0 Å². The van der Waals surface area contributed by atoms with Crippen molar-refractivity contribution in [2.24, 2.45) is 28.6 Å². The maximum Gasteiger partial charge on any atom is 0.246 e. The normalized spacial score (nSPS) is 29.2. The summed E-state index contributed by atoms with van der Waals surface area (Å²) in [5.74, 6) is -0.115. The molecule has 0 spiro atoms. The minimum absolute atomic E-state index is 0.170. The summed E-state index contributed by atoms with van der Waals surface area (Å²) in [6, 6.07) is 18.1. The molecule has 6 amide bonds. The van der Waals surface area contributed by atoms with Gasteiger partial charge >= 0.3 is 0 Å². The third-order valence-electron chi connectivity index (χ3n) is 19.0. The Hall–Kier alpha value is -5.60. The Kier molecular flexibility index (Phi) is 15.1. The van der Waals surface area contributed by atoms with Gasteiger partial charge in [-0.25, -0.2) is 0 Å². The molecule has 0 aromatic heterocycles. The van der Waals surface area contributed by atoms with Crippen LogP contribution in [0.1, 0.15) is 162 Å². The first-order chi connectivity index (χ1) is 35.9. The minimum Gasteiger partial charge on any atom is -0.347 e. The van der Waals surface area contributed by atoms with E-state index in [1.807, 2.05) is 52.0 Å². The summed E-state index contributed by atoms with van der Waals surface area (Å²) >= 11 is 0. The molecule has 11 rings (SSSR count). The zero-order valence-electron chi connectivity index (χ0n) is 45.4. The summed E-state index contributed by atoms with van der Waals surface area (Å²) in [6.45, 7) is 9.78. The molecule has 5 fully saturated rings. The van der Waals surface area contributed by atoms with E-state index in [1.165, 1.54) is 30.4 Å². The highest BCUT2D eigenvalue weighted by molar-refractivity contribution is 5.95. The second kappa shape index (κ2) is 21.4. The van der Waals surface area contributed by atoms with Gasteiger partial charge in [0, 0.05) is 30.8 Å². The fourth-order valence-electron chi connectivity index (χ4n) is 15.0. The van der Waals surface area contributed by atoms with E-state index in [4.69, 9.17) is 0 Å². The molecule has 14 nitrogen and oxygen atoms in total. The Morgan fingerprint density at radius 1 is 0.613 bits per heavy atom. The van der Waals surface area contributed by atoms with Crippen LogP contribution in [0.25, 0.3) is 0 Å². The zero-order valence-corrected chi connectivity index (χ0v) is 45.4. The molecule has 402 valence electrons. The Labute approximate surface area is 444 Å². The van der Waals surface area contributed by atoms with Crippen LogP contribution in [0.5, 0.6) is 0 Å². The zero-order chi connectivity index (χ0) is 52.9. The standard InChI is InChI=1S/C61H82N8O6/c1-35(62-6)54(70)66-52(60(3,4)5)58(74)68-34-45(29-51(68)57(73)65-49-21-13-17-41-15-9-11-19-47(41)49)42-22-23-43-28-50(56(72)64-48-20-12-16-40-14-8-10-18-46(40)48)69(33-44(43)27-42)59(75)53(67-55(71)36(2)63-7)61-30-37-24-38(31-61)26-39(25-37)32-61/h8-11,14-15,18-19,22-23,27,35-39,45,48-53,62-63H,12-13,16-17,20-21,24-26,28-34H2,1-7H3,(H,64,72)(H,65,73)(H,66,70)(H,67,71). The molecule has 6 aliphatic carbocycles. The quantitative estimate of drug-likeness (QED) is 0.107. The summed E-state index contributed by atoms with van der Waals surface area (Å²) in [6.07, 6.45) is 12.3. The maximum atomic E-state index is 16.0. The number of nitrogens with zero attached hydrogens (tertiary/aromatic N) is 2. The number of hydrogen-bond acceptors (Lipinski definition) is 8. The monoisotopic (exact) mass is 1020 g/mol. The summed E-state index contributed by atoms with van der Waals surface area (Å²) in [4.78, 5) is 92.0. The van der Waals surface area contributed by atoms with Crippen LogP contribution in [0.4, 0.5) is 0 Å². The molecule has 4 bridgehead atoms. The SMILES string of the molecule is CNC(C)C(=O)NC(C(=O)N1CC(c2ccc3c(c2)CN(C(=O)C(NC(=O)C(C)NC)C24CC5CC(CC(C5)C2)C4)C(C(=O)NC2CCCc4ccccc42)C3)CC1C(=O)NC1CCCc2ccccc21)C(C)(C)C. The highest BCUT2D eigenvalue weighted by atomic mass is 16.2. The topological polar surface area (TPSA) is 181 Å². The van der Waals surface area contributed by atoms with Crippen LogP contribution >= 0.6 is 0 Å². The number of likely N-dealkylation sites (N-methyl/N-ethyl adjacent to an activating group) is 2. The van der Waals surface area contributed by atoms with Gasteiger partial charge < -0.3 is 41.7 Å². The van der Waals surface area contributed by atoms with Gasteiger partial charge in [-0.2, -0.15) is 0 Å². The van der Waals surface area contributed by atoms with Gasteiger partial charge in [0.1, 0.15) is 24.2 Å². The highest BCUT2D eigenvalue weighted by Gasteiger charge is 2.58. The number of carbonyl (C=O) groups is 6. The number of nitrogens with one attached hydrogen (secondary N) is 6. The largest absolute Gasteiger partial charge is 0.347 e. The van der Waals surface area contributed by atoms with E-state index in [-0.39, 0.29) is 66.5 Å². The van der Waals surface area contributed by atoms with E-state index in [0.717, 1.165) is 85.6 Å². The minimum atomic E-state index is -0.906. The third kappa shape index (κ3) is 10.6. The first-order valence-corrected chi connectivity index (χ1v) is 28.4. The van der Waals surface area contributed by atoms with Crippen LogP contribution in [0, 0.1) is 28.6 Å². The van der Waals surface area contributed by atoms with E-state index >= 15 is 14.4 Å². The lowest BCUT2D eigenvalue weighted by molar-refractivity contribution is -0.155. The molecule has 2 aliphatic heterocycles. The maximum absolute atomic E-state index is 16.0. The fraction of sp³-hybridized carbons (Fsp3) is 0.607. The lowest BCUT2D eigenvalue weighted by Crippen LogP contribution is -2.66. The smallest absolute Gasteiger partial charge is 0.246 e. The van der Waals surface area contributed by atoms with Crippen LogP contribution in [0.3, 0.4) is 0 Å². The van der Waals surface area contributed by atoms with Crippen molar-refractivity contribution in [1.29, 1.82) is 0 Å². The summed E-state index contributed by atoms with van der Waals surface area (Å²) < 4.78 is 0. The van der Waals surface area contributed by atoms with Crippen molar-refractivity contribution in [2.75, 3.05) is 20.6 Å². The van der Waals surface area contributed by atoms with E-state index < -0.39 is 47.1 Å². The van der Waals surface area contributed by atoms with Crippen molar-refractivity contribution in [3.63, 3.8) is 0 Å². The molecule has 2 heterocycles. The summed E-state index contributed by atoms with van der Waals surface area (Å²) in [7, 11) is 3.46. The Morgan fingerprint density at radius 2 is 1.15 bits per heavy atom. The van der Waals surface area contributed by atoms with Crippen molar-refractivity contribution in [3.8, 4) is 0 Å². The molecule has 0 radical (unpaired) electrons. The molecular weight excluding hydrogens is 941 g/mol. The molecule has 1 saturated heterocycles. The van der Waals surface area contributed by atoms with E-state index in [0.29, 0.717) is 30.6 Å². The van der Waals surface area contributed by atoms with Crippen LogP contribution in [0.2, 0.25) is 0 Å². The van der Waals surface area contributed by atoms with Crippen LogP contribution in [-0.2, 0) is 54.6 Å². The van der Waals surface area contributed by atoms with Crippen molar-refractivity contribution < 1.29 is 28.8 Å². The van der Waals surface area contributed by atoms with Crippen molar-refractivity contribution >= 4 is 35.4 Å². The first-order valence-electron chi connectivity index (χ1n) is 28.4. The van der Waals surface area contributed by atoms with Gasteiger partial charge in [0.2, 0.25) is 35.4 Å². The Morgan fingerprint density at radius 3 is 1.69 bits per heavy atom. The molecule has 9 unspecified atom stereocenters. The number of hydrogen-bond donors (Lipinski definition) is 6. The van der Waals surface area contributed by atoms with Gasteiger partial charge in [-0.05, 0) is 174 Å². The number of aryl methyl sites for hydroxylation is 2. The molecule has 14 heteroatoms. The molecule has 3 aromatic rings. The van der Waals surface area contributed by atoms with Crippen molar-refractivity contribution in [3.05, 3.63) is 106 Å². The second-order valence-corrected chi connectivity index (χ2v) is 25.0.